The maximum atomic E-state index is 11.8. The molecule has 1 aromatic carbocycles. The second-order valence-corrected chi connectivity index (χ2v) is 4.92. The number of nitrogens with zero attached hydrogens (tertiary/aromatic N) is 1. The van der Waals surface area contributed by atoms with E-state index < -0.39 is 4.92 Å². The summed E-state index contributed by atoms with van der Waals surface area (Å²) >= 11 is 1.49. The Labute approximate surface area is 114 Å². The molecule has 0 saturated heterocycles. The highest BCUT2D eigenvalue weighted by Crippen LogP contribution is 2.16. The van der Waals surface area contributed by atoms with E-state index in [0.717, 1.165) is 11.3 Å². The molecule has 1 heterocycles. The van der Waals surface area contributed by atoms with Crippen molar-refractivity contribution in [2.24, 2.45) is 0 Å². The molecule has 5 nitrogen and oxygen atoms in total. The molecule has 0 spiro atoms. The summed E-state index contributed by atoms with van der Waals surface area (Å²) in [6.07, 6.45) is 1.23. The van der Waals surface area contributed by atoms with Crippen molar-refractivity contribution in [1.82, 2.24) is 4.98 Å². The number of aromatic amines is 1. The first-order valence-electron chi connectivity index (χ1n) is 5.64. The second-order valence-electron chi connectivity index (χ2n) is 3.93. The van der Waals surface area contributed by atoms with Crippen LogP contribution in [0.3, 0.4) is 0 Å². The molecule has 98 valence electrons. The molecule has 6 heteroatoms. The van der Waals surface area contributed by atoms with Crippen LogP contribution in [0.2, 0.25) is 0 Å². The van der Waals surface area contributed by atoms with E-state index in [2.05, 4.69) is 4.98 Å². The molecule has 1 aromatic heterocycles. The maximum Gasteiger partial charge on any atom is 0.287 e. The van der Waals surface area contributed by atoms with Gasteiger partial charge < -0.3 is 4.98 Å². The average molecular weight is 276 g/mol. The Bertz CT molecular complexity index is 581. The number of carbonyl (C=O) groups is 1. The monoisotopic (exact) mass is 276 g/mol. The minimum atomic E-state index is -0.523. The second kappa shape index (κ2) is 6.19. The number of Topliss-reactive ketones (excluding diaryl/α,β-unsaturated/α-hetero) is 1. The molecule has 2 rings (SSSR count). The van der Waals surface area contributed by atoms with Gasteiger partial charge in [0.15, 0.2) is 5.78 Å². The number of ketones is 1. The molecule has 19 heavy (non-hydrogen) atoms. The van der Waals surface area contributed by atoms with Crippen LogP contribution >= 0.6 is 11.8 Å². The van der Waals surface area contributed by atoms with E-state index >= 15 is 0 Å². The lowest BCUT2D eigenvalue weighted by atomic mass is 10.2. The zero-order valence-corrected chi connectivity index (χ0v) is 10.9. The van der Waals surface area contributed by atoms with E-state index in [0.29, 0.717) is 5.75 Å². The van der Waals surface area contributed by atoms with E-state index in [1.165, 1.54) is 24.0 Å². The fraction of sp³-hybridized carbons (Fsp3) is 0.154. The van der Waals surface area contributed by atoms with Crippen LogP contribution in [-0.2, 0) is 5.75 Å². The number of hydrogen-bond acceptors (Lipinski definition) is 4. The summed E-state index contributed by atoms with van der Waals surface area (Å²) in [4.78, 5) is 24.4. The summed E-state index contributed by atoms with van der Waals surface area (Å²) in [5.41, 5.74) is 1.35. The van der Waals surface area contributed by atoms with Gasteiger partial charge in [0, 0.05) is 11.8 Å². The molecule has 0 fully saturated rings. The zero-order valence-electron chi connectivity index (χ0n) is 10.0. The normalized spacial score (nSPS) is 10.3. The lowest BCUT2D eigenvalue weighted by molar-refractivity contribution is -0.384. The quantitative estimate of drug-likeness (QED) is 0.500. The number of nitro groups is 1. The van der Waals surface area contributed by atoms with Gasteiger partial charge in [0.2, 0.25) is 0 Å². The van der Waals surface area contributed by atoms with E-state index in [9.17, 15) is 14.9 Å². The molecule has 0 unspecified atom stereocenters. The minimum absolute atomic E-state index is 0.0867. The highest BCUT2D eigenvalue weighted by atomic mass is 32.2. The van der Waals surface area contributed by atoms with Crippen LogP contribution in [0.1, 0.15) is 16.1 Å². The first-order chi connectivity index (χ1) is 9.16. The number of rotatable bonds is 6. The van der Waals surface area contributed by atoms with Gasteiger partial charge in [-0.15, -0.1) is 11.8 Å². The lowest BCUT2D eigenvalue weighted by Crippen LogP contribution is -2.02. The number of nitrogens with one attached hydrogen (secondary N) is 1. The standard InChI is InChI=1S/C13H12N2O3S/c16-13(12-6-11(7-14-12)15(17)18)9-19-8-10-4-2-1-3-5-10/h1-7,14H,8-9H2. The third-order valence-corrected chi connectivity index (χ3v) is 3.53. The number of benzene rings is 1. The minimum Gasteiger partial charge on any atom is -0.353 e. The van der Waals surface area contributed by atoms with E-state index in [-0.39, 0.29) is 17.2 Å². The molecule has 0 saturated carbocycles. The third kappa shape index (κ3) is 3.69. The van der Waals surface area contributed by atoms with Gasteiger partial charge in [-0.25, -0.2) is 0 Å². The van der Waals surface area contributed by atoms with Crippen LogP contribution < -0.4 is 0 Å². The van der Waals surface area contributed by atoms with Gasteiger partial charge in [0.25, 0.3) is 5.69 Å². The maximum absolute atomic E-state index is 11.8. The number of H-pyrrole nitrogens is 1. The Balaban J connectivity index is 1.85. The Hall–Kier alpha value is -2.08. The van der Waals surface area contributed by atoms with E-state index in [1.807, 2.05) is 30.3 Å². The van der Waals surface area contributed by atoms with Crippen LogP contribution in [0.15, 0.2) is 42.6 Å². The SMILES string of the molecule is O=C(CSCc1ccccc1)c1cc([N+](=O)[O-])c[nH]1. The van der Waals surface area contributed by atoms with E-state index in [1.54, 1.807) is 0 Å². The Morgan fingerprint density at radius 2 is 2.05 bits per heavy atom. The highest BCUT2D eigenvalue weighted by molar-refractivity contribution is 7.99. The van der Waals surface area contributed by atoms with Crippen LogP contribution in [0.25, 0.3) is 0 Å². The van der Waals surface area contributed by atoms with Crippen molar-refractivity contribution in [3.8, 4) is 0 Å². The van der Waals surface area contributed by atoms with Gasteiger partial charge in [-0.1, -0.05) is 30.3 Å². The molecule has 0 atom stereocenters. The number of thioether (sulfide) groups is 1. The zero-order chi connectivity index (χ0) is 13.7. The van der Waals surface area contributed by atoms with Crippen LogP contribution in [0.4, 0.5) is 5.69 Å². The van der Waals surface area contributed by atoms with Crippen molar-refractivity contribution in [2.75, 3.05) is 5.75 Å². The van der Waals surface area contributed by atoms with Gasteiger partial charge in [-0.3, -0.25) is 14.9 Å². The Kier molecular flexibility index (Phi) is 4.35. The summed E-state index contributed by atoms with van der Waals surface area (Å²) in [5, 5.41) is 10.5. The largest absolute Gasteiger partial charge is 0.353 e. The molecule has 2 aromatic rings. The molecule has 0 radical (unpaired) electrons. The van der Waals surface area contributed by atoms with Crippen molar-refractivity contribution >= 4 is 23.2 Å². The molecule has 0 aliphatic carbocycles. The Morgan fingerprint density at radius 3 is 2.68 bits per heavy atom. The summed E-state index contributed by atoms with van der Waals surface area (Å²) in [5.74, 6) is 0.913. The third-order valence-electron chi connectivity index (χ3n) is 2.52. The number of aromatic nitrogens is 1. The van der Waals surface area contributed by atoms with Crippen molar-refractivity contribution in [2.45, 2.75) is 5.75 Å². The molecule has 0 bridgehead atoms. The molecule has 1 N–H and O–H groups in total. The van der Waals surface area contributed by atoms with Crippen LogP contribution in [0, 0.1) is 10.1 Å². The van der Waals surface area contributed by atoms with Gasteiger partial charge in [-0.05, 0) is 5.56 Å². The van der Waals surface area contributed by atoms with E-state index in [4.69, 9.17) is 0 Å². The number of hydrogen-bond donors (Lipinski definition) is 1. The topological polar surface area (TPSA) is 76.0 Å². The first-order valence-corrected chi connectivity index (χ1v) is 6.80. The van der Waals surface area contributed by atoms with Crippen molar-refractivity contribution in [3.63, 3.8) is 0 Å². The van der Waals surface area contributed by atoms with Gasteiger partial charge >= 0.3 is 0 Å². The molecule has 0 aliphatic heterocycles. The average Bonchev–Trinajstić information content (AvgIpc) is 2.89. The first kappa shape index (κ1) is 13.4. The van der Waals surface area contributed by atoms with Crippen molar-refractivity contribution in [1.29, 1.82) is 0 Å². The fourth-order valence-corrected chi connectivity index (χ4v) is 2.43. The van der Waals surface area contributed by atoms with Crippen LogP contribution in [-0.4, -0.2) is 21.4 Å². The van der Waals surface area contributed by atoms with Crippen molar-refractivity contribution < 1.29 is 9.72 Å². The van der Waals surface area contributed by atoms with Gasteiger partial charge in [0.1, 0.15) is 0 Å². The summed E-state index contributed by atoms with van der Waals surface area (Å²) < 4.78 is 0. The predicted octanol–water partition coefficient (Wildman–Crippen LogP) is 3.04. The predicted molar refractivity (Wildman–Crippen MR) is 74.4 cm³/mol. The highest BCUT2D eigenvalue weighted by Gasteiger charge is 2.14. The van der Waals surface area contributed by atoms with Gasteiger partial charge in [0.05, 0.1) is 22.6 Å². The summed E-state index contributed by atoms with van der Waals surface area (Å²) in [6, 6.07) is 11.1. The Morgan fingerprint density at radius 1 is 1.32 bits per heavy atom. The lowest BCUT2D eigenvalue weighted by Gasteiger charge is -2.00. The molecule has 0 amide bonds. The molecular weight excluding hydrogens is 264 g/mol. The smallest absolute Gasteiger partial charge is 0.287 e. The van der Waals surface area contributed by atoms with Crippen molar-refractivity contribution in [3.05, 3.63) is 64.0 Å². The summed E-state index contributed by atoms with van der Waals surface area (Å²) in [7, 11) is 0. The fourth-order valence-electron chi connectivity index (χ4n) is 1.56. The molecule has 0 aliphatic rings. The van der Waals surface area contributed by atoms with Crippen LogP contribution in [0.5, 0.6) is 0 Å². The molecular formula is C13H12N2O3S. The summed E-state index contributed by atoms with van der Waals surface area (Å²) in [6.45, 7) is 0. The number of carbonyl (C=O) groups excluding carboxylic acids is 1. The van der Waals surface area contributed by atoms with Gasteiger partial charge in [-0.2, -0.15) is 0 Å².